The molecule has 2 aromatic carbocycles. The van der Waals surface area contributed by atoms with Crippen LogP contribution in [-0.2, 0) is 16.4 Å². The number of benzene rings is 2. The molecular weight excluding hydrogens is 436 g/mol. The Morgan fingerprint density at radius 3 is 2.65 bits per heavy atom. The molecule has 1 amide bonds. The monoisotopic (exact) mass is 452 g/mol. The van der Waals surface area contributed by atoms with Gasteiger partial charge in [-0.15, -0.1) is 0 Å². The number of fused-ring (bicyclic) bond motifs is 1. The summed E-state index contributed by atoms with van der Waals surface area (Å²) in [7, 11) is -3.29. The van der Waals surface area contributed by atoms with Crippen molar-refractivity contribution in [3.63, 3.8) is 0 Å². The van der Waals surface area contributed by atoms with Crippen molar-refractivity contribution in [1.29, 1.82) is 0 Å². The topological polar surface area (TPSA) is 68.5 Å². The number of carbonyl (C=O) groups excluding carboxylic acids is 1. The Hall–Kier alpha value is -1.77. The van der Waals surface area contributed by atoms with Crippen LogP contribution in [0.15, 0.2) is 56.8 Å². The Morgan fingerprint density at radius 1 is 1.23 bits per heavy atom. The second-order valence-corrected chi connectivity index (χ2v) is 9.81. The highest BCUT2D eigenvalue weighted by Crippen LogP contribution is 2.22. The van der Waals surface area contributed by atoms with Crippen molar-refractivity contribution in [3.05, 3.63) is 57.3 Å². The third kappa shape index (κ3) is 3.97. The van der Waals surface area contributed by atoms with Gasteiger partial charge in [-0.2, -0.15) is 4.99 Å². The molecule has 136 valence electrons. The molecule has 0 aliphatic rings. The van der Waals surface area contributed by atoms with Gasteiger partial charge in [0.15, 0.2) is 14.6 Å². The summed E-state index contributed by atoms with van der Waals surface area (Å²) in [5.74, 6) is -0.328. The largest absolute Gasteiger partial charge is 0.316 e. The number of carbonyl (C=O) groups is 1. The predicted molar refractivity (Wildman–Crippen MR) is 107 cm³/mol. The van der Waals surface area contributed by atoms with Crippen molar-refractivity contribution in [2.24, 2.45) is 4.99 Å². The zero-order valence-corrected chi connectivity index (χ0v) is 17.5. The molecule has 0 fully saturated rings. The summed E-state index contributed by atoms with van der Waals surface area (Å²) in [6.45, 7) is 2.74. The molecule has 3 rings (SSSR count). The first-order valence-electron chi connectivity index (χ1n) is 7.97. The molecule has 0 aliphatic carbocycles. The van der Waals surface area contributed by atoms with Crippen molar-refractivity contribution in [2.45, 2.75) is 24.8 Å². The SMILES string of the molecule is CCCn1c(=NC(=O)c2cccc(Br)c2)sc2cc(S(C)(=O)=O)ccc21. The van der Waals surface area contributed by atoms with Crippen LogP contribution in [0.4, 0.5) is 0 Å². The fourth-order valence-corrected chi connectivity index (χ4v) is 4.80. The van der Waals surface area contributed by atoms with Crippen molar-refractivity contribution in [1.82, 2.24) is 4.57 Å². The quantitative estimate of drug-likeness (QED) is 0.599. The third-order valence-electron chi connectivity index (χ3n) is 3.80. The lowest BCUT2D eigenvalue weighted by molar-refractivity contribution is 0.0997. The van der Waals surface area contributed by atoms with Crippen LogP contribution in [-0.4, -0.2) is 25.1 Å². The zero-order chi connectivity index (χ0) is 18.9. The van der Waals surface area contributed by atoms with Gasteiger partial charge in [-0.25, -0.2) is 8.42 Å². The van der Waals surface area contributed by atoms with E-state index >= 15 is 0 Å². The standard InChI is InChI=1S/C18H17BrN2O3S2/c1-3-9-21-15-8-7-14(26(2,23)24)11-16(15)25-18(21)20-17(22)12-5-4-6-13(19)10-12/h4-8,10-11H,3,9H2,1-2H3. The molecule has 0 atom stereocenters. The van der Waals surface area contributed by atoms with Crippen LogP contribution in [0.1, 0.15) is 23.7 Å². The smallest absolute Gasteiger partial charge is 0.279 e. The molecule has 3 aromatic rings. The number of amides is 1. The third-order valence-corrected chi connectivity index (χ3v) is 6.44. The van der Waals surface area contributed by atoms with Crippen LogP contribution in [0, 0.1) is 0 Å². The first kappa shape index (κ1) is 19.0. The van der Waals surface area contributed by atoms with Crippen LogP contribution in [0.5, 0.6) is 0 Å². The van der Waals surface area contributed by atoms with Crippen LogP contribution in [0.25, 0.3) is 10.2 Å². The fourth-order valence-electron chi connectivity index (χ4n) is 2.58. The van der Waals surface area contributed by atoms with Gasteiger partial charge in [0, 0.05) is 22.8 Å². The van der Waals surface area contributed by atoms with E-state index in [1.165, 1.54) is 17.6 Å². The van der Waals surface area contributed by atoms with Gasteiger partial charge in [-0.3, -0.25) is 4.79 Å². The lowest BCUT2D eigenvalue weighted by Crippen LogP contribution is -2.16. The maximum atomic E-state index is 12.5. The Kier molecular flexibility index (Phi) is 5.45. The second-order valence-electron chi connectivity index (χ2n) is 5.87. The van der Waals surface area contributed by atoms with Gasteiger partial charge >= 0.3 is 0 Å². The molecular formula is C18H17BrN2O3S2. The summed E-state index contributed by atoms with van der Waals surface area (Å²) in [6, 6.07) is 12.1. The molecule has 5 nitrogen and oxygen atoms in total. The number of sulfone groups is 1. The van der Waals surface area contributed by atoms with Gasteiger partial charge in [0.25, 0.3) is 5.91 Å². The minimum absolute atomic E-state index is 0.264. The number of halogens is 1. The second kappa shape index (κ2) is 7.46. The van der Waals surface area contributed by atoms with E-state index in [1.807, 2.05) is 17.6 Å². The number of aromatic nitrogens is 1. The van der Waals surface area contributed by atoms with E-state index in [0.717, 1.165) is 21.1 Å². The predicted octanol–water partition coefficient (Wildman–Crippen LogP) is 4.02. The fraction of sp³-hybridized carbons (Fsp3) is 0.222. The highest BCUT2D eigenvalue weighted by molar-refractivity contribution is 9.10. The minimum Gasteiger partial charge on any atom is -0.316 e. The van der Waals surface area contributed by atoms with Gasteiger partial charge in [0.2, 0.25) is 0 Å². The molecule has 1 aromatic heterocycles. The molecule has 0 N–H and O–H groups in total. The van der Waals surface area contributed by atoms with E-state index in [9.17, 15) is 13.2 Å². The molecule has 0 aliphatic heterocycles. The number of hydrogen-bond donors (Lipinski definition) is 0. The highest BCUT2D eigenvalue weighted by Gasteiger charge is 2.13. The summed E-state index contributed by atoms with van der Waals surface area (Å²) in [5, 5.41) is 0. The maximum absolute atomic E-state index is 12.5. The zero-order valence-electron chi connectivity index (χ0n) is 14.3. The van der Waals surface area contributed by atoms with E-state index in [4.69, 9.17) is 0 Å². The summed E-state index contributed by atoms with van der Waals surface area (Å²) in [4.78, 5) is 17.7. The maximum Gasteiger partial charge on any atom is 0.279 e. The molecule has 0 radical (unpaired) electrons. The van der Waals surface area contributed by atoms with Gasteiger partial charge in [-0.1, -0.05) is 40.3 Å². The molecule has 0 unspecified atom stereocenters. The average Bonchev–Trinajstić information content (AvgIpc) is 2.91. The minimum atomic E-state index is -3.29. The van der Waals surface area contributed by atoms with Crippen LogP contribution >= 0.6 is 27.3 Å². The number of nitrogens with zero attached hydrogens (tertiary/aromatic N) is 2. The van der Waals surface area contributed by atoms with Crippen LogP contribution in [0.2, 0.25) is 0 Å². The Bertz CT molecular complexity index is 1160. The summed E-state index contributed by atoms with van der Waals surface area (Å²) >= 11 is 4.68. The summed E-state index contributed by atoms with van der Waals surface area (Å²) < 4.78 is 27.2. The van der Waals surface area contributed by atoms with E-state index < -0.39 is 9.84 Å². The lowest BCUT2D eigenvalue weighted by atomic mass is 10.2. The average molecular weight is 453 g/mol. The molecule has 8 heteroatoms. The molecule has 26 heavy (non-hydrogen) atoms. The molecule has 0 bridgehead atoms. The van der Waals surface area contributed by atoms with Crippen LogP contribution in [0.3, 0.4) is 0 Å². The normalized spacial score (nSPS) is 12.7. The van der Waals surface area contributed by atoms with Crippen molar-refractivity contribution >= 4 is 53.2 Å². The molecule has 0 saturated heterocycles. The van der Waals surface area contributed by atoms with E-state index in [2.05, 4.69) is 20.9 Å². The van der Waals surface area contributed by atoms with Crippen molar-refractivity contribution < 1.29 is 13.2 Å². The number of rotatable bonds is 4. The van der Waals surface area contributed by atoms with Crippen LogP contribution < -0.4 is 4.80 Å². The number of aryl methyl sites for hydroxylation is 1. The lowest BCUT2D eigenvalue weighted by Gasteiger charge is -2.03. The van der Waals surface area contributed by atoms with Gasteiger partial charge in [-0.05, 0) is 42.8 Å². The first-order chi connectivity index (χ1) is 12.3. The van der Waals surface area contributed by atoms with E-state index in [0.29, 0.717) is 16.9 Å². The summed E-state index contributed by atoms with van der Waals surface area (Å²) in [6.07, 6.45) is 2.06. The van der Waals surface area contributed by atoms with E-state index in [1.54, 1.807) is 36.4 Å². The molecule has 0 saturated carbocycles. The highest BCUT2D eigenvalue weighted by atomic mass is 79.9. The molecule has 0 spiro atoms. The Labute approximate surface area is 164 Å². The number of hydrogen-bond acceptors (Lipinski definition) is 4. The van der Waals surface area contributed by atoms with Gasteiger partial charge in [0.1, 0.15) is 0 Å². The van der Waals surface area contributed by atoms with E-state index in [-0.39, 0.29) is 10.8 Å². The first-order valence-corrected chi connectivity index (χ1v) is 11.5. The number of thiazole rings is 1. The molecule has 1 heterocycles. The summed E-state index contributed by atoms with van der Waals surface area (Å²) in [5.41, 5.74) is 1.38. The van der Waals surface area contributed by atoms with Gasteiger partial charge in [0.05, 0.1) is 15.1 Å². The van der Waals surface area contributed by atoms with Crippen molar-refractivity contribution in [3.8, 4) is 0 Å². The Balaban J connectivity index is 2.17. The van der Waals surface area contributed by atoms with Crippen molar-refractivity contribution in [2.75, 3.05) is 6.26 Å². The van der Waals surface area contributed by atoms with Gasteiger partial charge < -0.3 is 4.57 Å². The Morgan fingerprint density at radius 2 is 2.00 bits per heavy atom.